The molecule has 0 saturated heterocycles. The van der Waals surface area contributed by atoms with Gasteiger partial charge in [0.05, 0.1) is 31.4 Å². The lowest BCUT2D eigenvalue weighted by Gasteiger charge is -2.12. The molecule has 1 aromatic rings. The maximum atomic E-state index is 12.8. The van der Waals surface area contributed by atoms with Gasteiger partial charge in [0.2, 0.25) is 0 Å². The molecule has 0 fully saturated rings. The number of alkyl halides is 2. The van der Waals surface area contributed by atoms with Crippen molar-refractivity contribution in [1.29, 1.82) is 0 Å². The smallest absolute Gasteiger partial charge is 0.310 e. The SMILES string of the molecule is CCOC(=O)Cc1c(C(F)F)ncc(OC)c1Cl. The molecule has 1 heterocycles. The van der Waals surface area contributed by atoms with E-state index in [9.17, 15) is 13.6 Å². The molecule has 0 aliphatic carbocycles. The summed E-state index contributed by atoms with van der Waals surface area (Å²) in [5.41, 5.74) is -0.599. The molecule has 0 aliphatic heterocycles. The quantitative estimate of drug-likeness (QED) is 0.778. The van der Waals surface area contributed by atoms with Crippen LogP contribution in [0.1, 0.15) is 24.6 Å². The zero-order valence-electron chi connectivity index (χ0n) is 9.87. The first-order chi connectivity index (χ1) is 8.51. The number of rotatable bonds is 5. The molecule has 100 valence electrons. The minimum atomic E-state index is -2.82. The molecule has 0 saturated carbocycles. The molecule has 0 amide bonds. The second kappa shape index (κ2) is 6.49. The van der Waals surface area contributed by atoms with Crippen molar-refractivity contribution in [3.63, 3.8) is 0 Å². The fourth-order valence-corrected chi connectivity index (χ4v) is 1.67. The van der Waals surface area contributed by atoms with Crippen molar-refractivity contribution in [3.05, 3.63) is 22.5 Å². The Labute approximate surface area is 108 Å². The summed E-state index contributed by atoms with van der Waals surface area (Å²) in [6, 6.07) is 0. The second-order valence-corrected chi connectivity index (χ2v) is 3.66. The van der Waals surface area contributed by atoms with Crippen LogP contribution in [0.4, 0.5) is 8.78 Å². The van der Waals surface area contributed by atoms with Crippen LogP contribution in [0.25, 0.3) is 0 Å². The van der Waals surface area contributed by atoms with Gasteiger partial charge in [-0.15, -0.1) is 0 Å². The molecule has 0 spiro atoms. The molecule has 0 atom stereocenters. The number of hydrogen-bond donors (Lipinski definition) is 0. The van der Waals surface area contributed by atoms with Crippen LogP contribution in [-0.4, -0.2) is 24.7 Å². The van der Waals surface area contributed by atoms with Gasteiger partial charge in [-0.2, -0.15) is 0 Å². The minimum absolute atomic E-state index is 0.0455. The summed E-state index contributed by atoms with van der Waals surface area (Å²) in [5, 5.41) is -0.0455. The first-order valence-corrected chi connectivity index (χ1v) is 5.54. The molecule has 4 nitrogen and oxygen atoms in total. The lowest BCUT2D eigenvalue weighted by Crippen LogP contribution is -2.11. The van der Waals surface area contributed by atoms with Gasteiger partial charge in [0.25, 0.3) is 6.43 Å². The zero-order chi connectivity index (χ0) is 13.7. The van der Waals surface area contributed by atoms with Gasteiger partial charge in [-0.25, -0.2) is 8.78 Å². The highest BCUT2D eigenvalue weighted by atomic mass is 35.5. The summed E-state index contributed by atoms with van der Waals surface area (Å²) >= 11 is 5.90. The molecule has 1 aromatic heterocycles. The second-order valence-electron chi connectivity index (χ2n) is 3.29. The summed E-state index contributed by atoms with van der Waals surface area (Å²) < 4.78 is 35.1. The van der Waals surface area contributed by atoms with Gasteiger partial charge in [0.1, 0.15) is 5.69 Å². The van der Waals surface area contributed by atoms with Crippen molar-refractivity contribution < 1.29 is 23.0 Å². The number of carbonyl (C=O) groups is 1. The molecule has 0 bridgehead atoms. The fourth-order valence-electron chi connectivity index (χ4n) is 1.38. The molecule has 0 unspecified atom stereocenters. The van der Waals surface area contributed by atoms with Crippen molar-refractivity contribution in [2.75, 3.05) is 13.7 Å². The Bertz CT molecular complexity index is 441. The predicted octanol–water partition coefficient (Wildman–Crippen LogP) is 2.79. The number of nitrogens with zero attached hydrogens (tertiary/aromatic N) is 1. The van der Waals surface area contributed by atoms with E-state index in [2.05, 4.69) is 4.98 Å². The summed E-state index contributed by atoms with van der Waals surface area (Å²) in [5.74, 6) is -0.503. The number of hydrogen-bond acceptors (Lipinski definition) is 4. The average Bonchev–Trinajstić information content (AvgIpc) is 2.31. The van der Waals surface area contributed by atoms with Crippen molar-refractivity contribution in [2.24, 2.45) is 0 Å². The van der Waals surface area contributed by atoms with E-state index >= 15 is 0 Å². The monoisotopic (exact) mass is 279 g/mol. The third-order valence-corrected chi connectivity index (χ3v) is 2.58. The van der Waals surface area contributed by atoms with Crippen LogP contribution in [0, 0.1) is 0 Å². The Balaban J connectivity index is 3.15. The number of carbonyl (C=O) groups excluding carboxylic acids is 1. The van der Waals surface area contributed by atoms with Gasteiger partial charge in [-0.3, -0.25) is 9.78 Å². The third-order valence-electron chi connectivity index (χ3n) is 2.16. The number of esters is 1. The van der Waals surface area contributed by atoms with Gasteiger partial charge < -0.3 is 9.47 Å². The number of pyridine rings is 1. The topological polar surface area (TPSA) is 48.4 Å². The van der Waals surface area contributed by atoms with Crippen molar-refractivity contribution in [2.45, 2.75) is 19.8 Å². The maximum absolute atomic E-state index is 12.8. The van der Waals surface area contributed by atoms with E-state index in [0.717, 1.165) is 6.20 Å². The highest BCUT2D eigenvalue weighted by Gasteiger charge is 2.22. The first kappa shape index (κ1) is 14.6. The molecular formula is C11H12ClF2NO3. The van der Waals surface area contributed by atoms with Crippen molar-refractivity contribution in [1.82, 2.24) is 4.98 Å². The molecule has 7 heteroatoms. The fraction of sp³-hybridized carbons (Fsp3) is 0.455. The number of aromatic nitrogens is 1. The number of halogens is 3. The van der Waals surface area contributed by atoms with E-state index in [1.807, 2.05) is 0 Å². The molecule has 1 rings (SSSR count). The predicted molar refractivity (Wildman–Crippen MR) is 61.1 cm³/mol. The Morgan fingerprint density at radius 3 is 2.72 bits per heavy atom. The first-order valence-electron chi connectivity index (χ1n) is 5.16. The molecule has 18 heavy (non-hydrogen) atoms. The molecule has 0 N–H and O–H groups in total. The Kier molecular flexibility index (Phi) is 5.27. The largest absolute Gasteiger partial charge is 0.494 e. The lowest BCUT2D eigenvalue weighted by atomic mass is 10.1. The minimum Gasteiger partial charge on any atom is -0.494 e. The molecule has 0 aromatic carbocycles. The lowest BCUT2D eigenvalue weighted by molar-refractivity contribution is -0.142. The van der Waals surface area contributed by atoms with E-state index in [-0.39, 0.29) is 29.4 Å². The van der Waals surface area contributed by atoms with Crippen molar-refractivity contribution >= 4 is 17.6 Å². The average molecular weight is 280 g/mol. The molecular weight excluding hydrogens is 268 g/mol. The zero-order valence-corrected chi connectivity index (χ0v) is 10.6. The molecule has 0 radical (unpaired) electrons. The normalized spacial score (nSPS) is 10.6. The summed E-state index contributed by atoms with van der Waals surface area (Å²) in [7, 11) is 1.33. The van der Waals surface area contributed by atoms with E-state index in [1.165, 1.54) is 7.11 Å². The van der Waals surface area contributed by atoms with E-state index in [0.29, 0.717) is 0 Å². The van der Waals surface area contributed by atoms with E-state index in [4.69, 9.17) is 21.1 Å². The van der Waals surface area contributed by atoms with E-state index in [1.54, 1.807) is 6.92 Å². The highest BCUT2D eigenvalue weighted by Crippen LogP contribution is 2.33. The van der Waals surface area contributed by atoms with Crippen LogP contribution in [-0.2, 0) is 16.0 Å². The Morgan fingerprint density at radius 2 is 2.22 bits per heavy atom. The van der Waals surface area contributed by atoms with Crippen LogP contribution in [0.15, 0.2) is 6.20 Å². The van der Waals surface area contributed by atoms with Crippen LogP contribution >= 0.6 is 11.6 Å². The van der Waals surface area contributed by atoms with Crippen molar-refractivity contribution in [3.8, 4) is 5.75 Å². The van der Waals surface area contributed by atoms with Gasteiger partial charge in [0, 0.05) is 5.56 Å². The summed E-state index contributed by atoms with van der Waals surface area (Å²) in [6.07, 6.45) is -2.09. The Morgan fingerprint density at radius 1 is 1.56 bits per heavy atom. The summed E-state index contributed by atoms with van der Waals surface area (Å²) in [4.78, 5) is 14.9. The number of methoxy groups -OCH3 is 1. The number of ether oxygens (including phenoxy) is 2. The van der Waals surface area contributed by atoms with Crippen LogP contribution in [0.5, 0.6) is 5.75 Å². The third kappa shape index (κ3) is 3.29. The van der Waals surface area contributed by atoms with Crippen LogP contribution in [0.2, 0.25) is 5.02 Å². The standard InChI is InChI=1S/C11H12ClF2NO3/c1-3-18-8(16)4-6-9(12)7(17-2)5-15-10(6)11(13)14/h5,11H,3-4H2,1-2H3. The van der Waals surface area contributed by atoms with E-state index < -0.39 is 18.1 Å². The van der Waals surface area contributed by atoms with Gasteiger partial charge >= 0.3 is 5.97 Å². The van der Waals surface area contributed by atoms with Gasteiger partial charge in [-0.1, -0.05) is 11.6 Å². The molecule has 0 aliphatic rings. The van der Waals surface area contributed by atoms with Crippen LogP contribution < -0.4 is 4.74 Å². The van der Waals surface area contributed by atoms with Gasteiger partial charge in [-0.05, 0) is 6.92 Å². The highest BCUT2D eigenvalue weighted by molar-refractivity contribution is 6.33. The maximum Gasteiger partial charge on any atom is 0.310 e. The van der Waals surface area contributed by atoms with Gasteiger partial charge in [0.15, 0.2) is 5.75 Å². The Hall–Kier alpha value is -1.43. The van der Waals surface area contributed by atoms with Crippen LogP contribution in [0.3, 0.4) is 0 Å². The summed E-state index contributed by atoms with van der Waals surface area (Å²) in [6.45, 7) is 1.79.